The van der Waals surface area contributed by atoms with Crippen LogP contribution in [-0.4, -0.2) is 40.8 Å². The molecule has 0 radical (unpaired) electrons. The SMILES string of the molecule is Brc1ccc2cn[nH]c2c1.N#CC1(c2ccc3cn[nH]c3c2)CC12CC2.N#CC1CC12CC2.N#C[C@@]1(c2ccc3cn[nH]c3c2)CC12CC2.N#C[C@]1(c2ccc3cn[nH]c3c2)CC12CC2. The number of nitrogens with zero attached hydrogens (tertiary/aromatic N) is 8. The number of hydrogen-bond acceptors (Lipinski definition) is 8. The van der Waals surface area contributed by atoms with Crippen molar-refractivity contribution >= 4 is 59.5 Å². The number of benzene rings is 4. The Hall–Kier alpha value is -6.80. The average Bonchev–Trinajstić information content (AvgIpc) is 4.00. The lowest BCUT2D eigenvalue weighted by atomic mass is 9.93. The van der Waals surface area contributed by atoms with Crippen molar-refractivity contribution in [1.82, 2.24) is 40.8 Å². The summed E-state index contributed by atoms with van der Waals surface area (Å²) >= 11 is 3.37. The Kier molecular flexibility index (Phi) is 8.47. The van der Waals surface area contributed by atoms with Crippen molar-refractivity contribution < 1.29 is 0 Å². The van der Waals surface area contributed by atoms with E-state index < -0.39 is 0 Å². The van der Waals surface area contributed by atoms with Gasteiger partial charge in [0.05, 0.1) is 93.3 Å². The third-order valence-electron chi connectivity index (χ3n) is 16.7. The van der Waals surface area contributed by atoms with E-state index in [0.717, 1.165) is 67.3 Å². The highest BCUT2D eigenvalue weighted by atomic mass is 79.9. The third kappa shape index (κ3) is 6.31. The maximum Gasteiger partial charge on any atom is 0.0885 e. The monoisotopic (exact) mass is 916 g/mol. The fraction of sp³-hybridized carbons (Fsp3) is 0.385. The molecule has 4 aromatic carbocycles. The first kappa shape index (κ1) is 39.8. The van der Waals surface area contributed by atoms with Crippen LogP contribution in [0, 0.1) is 72.9 Å². The topological polar surface area (TPSA) is 210 Å². The highest BCUT2D eigenvalue weighted by Crippen LogP contribution is 2.80. The zero-order chi connectivity index (χ0) is 44.3. The summed E-state index contributed by atoms with van der Waals surface area (Å²) < 4.78 is 1.07. The Morgan fingerprint density at radius 2 is 0.800 bits per heavy atom. The van der Waals surface area contributed by atoms with Crippen molar-refractivity contribution in [2.75, 3.05) is 0 Å². The number of aromatic nitrogens is 8. The molecule has 320 valence electrons. The van der Waals surface area contributed by atoms with Crippen molar-refractivity contribution in [2.24, 2.45) is 27.6 Å². The van der Waals surface area contributed by atoms with Crippen LogP contribution in [0.5, 0.6) is 0 Å². The summed E-state index contributed by atoms with van der Waals surface area (Å²) in [6.45, 7) is 0. The number of hydrogen-bond donors (Lipinski definition) is 4. The molecule has 8 aromatic rings. The van der Waals surface area contributed by atoms with Gasteiger partial charge in [-0.15, -0.1) is 0 Å². The molecule has 8 aliphatic carbocycles. The second-order valence-corrected chi connectivity index (χ2v) is 21.2. The Morgan fingerprint density at radius 1 is 0.462 bits per heavy atom. The van der Waals surface area contributed by atoms with Gasteiger partial charge in [0.15, 0.2) is 0 Å². The summed E-state index contributed by atoms with van der Waals surface area (Å²) in [5.41, 5.74) is 8.76. The molecule has 8 aliphatic rings. The van der Waals surface area contributed by atoms with E-state index in [4.69, 9.17) is 5.26 Å². The van der Waals surface area contributed by atoms with Crippen LogP contribution in [0.3, 0.4) is 0 Å². The molecule has 12 nitrogen and oxygen atoms in total. The predicted molar refractivity (Wildman–Crippen MR) is 248 cm³/mol. The Labute approximate surface area is 383 Å². The first-order valence-electron chi connectivity index (χ1n) is 22.7. The quantitative estimate of drug-likeness (QED) is 0.134. The molecule has 4 heterocycles. The van der Waals surface area contributed by atoms with Crippen LogP contribution in [0.4, 0.5) is 0 Å². The van der Waals surface area contributed by atoms with Crippen LogP contribution in [0.25, 0.3) is 43.6 Å². The third-order valence-corrected chi connectivity index (χ3v) is 17.2. The molecule has 0 saturated heterocycles. The zero-order valence-electron chi connectivity index (χ0n) is 35.8. The fourth-order valence-corrected chi connectivity index (χ4v) is 11.7. The van der Waals surface area contributed by atoms with Crippen LogP contribution < -0.4 is 0 Å². The van der Waals surface area contributed by atoms with E-state index in [1.165, 1.54) is 74.5 Å². The number of fused-ring (bicyclic) bond motifs is 4. The summed E-state index contributed by atoms with van der Waals surface area (Å²) in [6.07, 6.45) is 21.6. The molecule has 2 unspecified atom stereocenters. The summed E-state index contributed by atoms with van der Waals surface area (Å²) in [4.78, 5) is 0. The normalized spacial score (nSPS) is 27.5. The highest BCUT2D eigenvalue weighted by molar-refractivity contribution is 9.10. The molecule has 8 saturated carbocycles. The van der Waals surface area contributed by atoms with Gasteiger partial charge in [-0.05, 0) is 146 Å². The molecule has 4 spiro atoms. The van der Waals surface area contributed by atoms with Crippen LogP contribution in [0.1, 0.15) is 93.7 Å². The Bertz CT molecular complexity index is 3110. The molecule has 4 aromatic heterocycles. The van der Waals surface area contributed by atoms with Gasteiger partial charge in [0.1, 0.15) is 0 Å². The molecule has 0 amide bonds. The van der Waals surface area contributed by atoms with E-state index in [-0.39, 0.29) is 16.2 Å². The molecule has 65 heavy (non-hydrogen) atoms. The first-order chi connectivity index (χ1) is 31.6. The van der Waals surface area contributed by atoms with Crippen molar-refractivity contribution in [2.45, 2.75) is 93.3 Å². The summed E-state index contributed by atoms with van der Waals surface area (Å²) in [7, 11) is 0. The van der Waals surface area contributed by atoms with Gasteiger partial charge >= 0.3 is 0 Å². The highest BCUT2D eigenvalue weighted by Gasteiger charge is 2.77. The predicted octanol–water partition coefficient (Wildman–Crippen LogP) is 11.2. The average molecular weight is 918 g/mol. The van der Waals surface area contributed by atoms with E-state index >= 15 is 0 Å². The maximum atomic E-state index is 9.43. The molecule has 4 N–H and O–H groups in total. The molecular weight excluding hydrogens is 873 g/mol. The van der Waals surface area contributed by atoms with Gasteiger partial charge in [-0.25, -0.2) is 0 Å². The largest absolute Gasteiger partial charge is 0.278 e. The number of nitrogens with one attached hydrogen (secondary N) is 4. The minimum Gasteiger partial charge on any atom is -0.278 e. The number of aromatic amines is 4. The van der Waals surface area contributed by atoms with Gasteiger partial charge in [0.25, 0.3) is 0 Å². The van der Waals surface area contributed by atoms with E-state index in [0.29, 0.717) is 27.6 Å². The van der Waals surface area contributed by atoms with Gasteiger partial charge in [-0.1, -0.05) is 58.4 Å². The van der Waals surface area contributed by atoms with Gasteiger partial charge in [0.2, 0.25) is 0 Å². The fourth-order valence-electron chi connectivity index (χ4n) is 11.3. The van der Waals surface area contributed by atoms with Crippen molar-refractivity contribution in [3.8, 4) is 24.3 Å². The Morgan fingerprint density at radius 3 is 1.06 bits per heavy atom. The number of nitriles is 4. The van der Waals surface area contributed by atoms with Crippen LogP contribution in [0.15, 0.2) is 102 Å². The molecular formula is C52H45BrN12. The minimum absolute atomic E-state index is 0.188. The van der Waals surface area contributed by atoms with Crippen molar-refractivity contribution in [3.05, 3.63) is 119 Å². The van der Waals surface area contributed by atoms with Gasteiger partial charge in [0, 0.05) is 26.0 Å². The molecule has 8 fully saturated rings. The number of H-pyrrole nitrogens is 4. The first-order valence-corrected chi connectivity index (χ1v) is 23.4. The lowest BCUT2D eigenvalue weighted by Crippen LogP contribution is -2.07. The molecule has 13 heteroatoms. The van der Waals surface area contributed by atoms with Crippen LogP contribution in [-0.2, 0) is 16.2 Å². The van der Waals surface area contributed by atoms with Crippen LogP contribution >= 0.6 is 15.9 Å². The van der Waals surface area contributed by atoms with E-state index in [2.05, 4.69) is 136 Å². The van der Waals surface area contributed by atoms with Crippen molar-refractivity contribution in [1.29, 1.82) is 21.0 Å². The number of rotatable bonds is 3. The Balaban J connectivity index is 0.0000000878. The summed E-state index contributed by atoms with van der Waals surface area (Å²) in [5.74, 6) is 0.465. The van der Waals surface area contributed by atoms with E-state index in [1.807, 2.05) is 43.0 Å². The molecule has 0 bridgehead atoms. The van der Waals surface area contributed by atoms with E-state index in [1.54, 1.807) is 0 Å². The summed E-state index contributed by atoms with van der Waals surface area (Å²) in [6, 6.07) is 34.7. The second-order valence-electron chi connectivity index (χ2n) is 20.3. The van der Waals surface area contributed by atoms with Gasteiger partial charge in [-0.2, -0.15) is 41.4 Å². The molecule has 4 atom stereocenters. The van der Waals surface area contributed by atoms with Gasteiger partial charge in [-0.3, -0.25) is 20.4 Å². The lowest BCUT2D eigenvalue weighted by molar-refractivity contribution is 0.738. The maximum absolute atomic E-state index is 9.43. The number of halogens is 1. The molecule has 16 rings (SSSR count). The van der Waals surface area contributed by atoms with E-state index in [9.17, 15) is 15.8 Å². The lowest BCUT2D eigenvalue weighted by Gasteiger charge is -2.07. The zero-order valence-corrected chi connectivity index (χ0v) is 37.3. The standard InChI is InChI=1S/3C13H11N3.C7H5BrN2.C6H7N/c3*14-8-13(7-12(13)3-4-12)10-2-1-9-6-15-16-11(9)5-10;8-6-2-1-5-4-9-10-7(5)3-6;7-4-5-3-6(5)1-2-6/h3*1-2,5-6H,3-4,7H2,(H,15,16);1-4H,(H,9,10);5H,1-3H2/t2*13-;;;/m10.../s1. The smallest absolute Gasteiger partial charge is 0.0885 e. The minimum atomic E-state index is -0.188. The second kappa shape index (κ2) is 13.9. The summed E-state index contributed by atoms with van der Waals surface area (Å²) in [5, 5.41) is 68.8. The van der Waals surface area contributed by atoms with Gasteiger partial charge < -0.3 is 0 Å². The molecule has 0 aliphatic heterocycles. The van der Waals surface area contributed by atoms with Crippen LogP contribution in [0.2, 0.25) is 0 Å². The van der Waals surface area contributed by atoms with Crippen molar-refractivity contribution in [3.63, 3.8) is 0 Å².